The van der Waals surface area contributed by atoms with Gasteiger partial charge in [-0.15, -0.1) is 0 Å². The number of anilines is 1. The highest BCUT2D eigenvalue weighted by molar-refractivity contribution is 6.04. The zero-order valence-electron chi connectivity index (χ0n) is 9.84. The Bertz CT molecular complexity index is 593. The number of nitrogens with one attached hydrogen (secondary N) is 1. The summed E-state index contributed by atoms with van der Waals surface area (Å²) in [6.07, 6.45) is 0. The van der Waals surface area contributed by atoms with E-state index in [0.29, 0.717) is 16.8 Å². The Hall–Kier alpha value is -2.49. The molecule has 0 aliphatic heterocycles. The van der Waals surface area contributed by atoms with Crippen molar-refractivity contribution < 1.29 is 15.0 Å². The third-order valence-electron chi connectivity index (χ3n) is 2.58. The standard InChI is InChI=1S/C14H13NO3/c1-9-5-6-10(7-13(9)17)14(18)15-11-3-2-4-12(16)8-11/h2-8,16-17H,1H3,(H,15,18). The van der Waals surface area contributed by atoms with E-state index < -0.39 is 0 Å². The second kappa shape index (κ2) is 4.79. The first kappa shape index (κ1) is 12.0. The SMILES string of the molecule is Cc1ccc(C(=O)Nc2cccc(O)c2)cc1O. The summed E-state index contributed by atoms with van der Waals surface area (Å²) < 4.78 is 0. The summed E-state index contributed by atoms with van der Waals surface area (Å²) in [4.78, 5) is 11.9. The molecule has 2 aromatic carbocycles. The normalized spacial score (nSPS) is 10.1. The summed E-state index contributed by atoms with van der Waals surface area (Å²) in [6.45, 7) is 1.76. The molecule has 0 bridgehead atoms. The van der Waals surface area contributed by atoms with E-state index >= 15 is 0 Å². The Labute approximate surface area is 105 Å². The number of phenols is 2. The molecule has 0 aliphatic rings. The molecule has 0 aromatic heterocycles. The first-order valence-corrected chi connectivity index (χ1v) is 5.46. The van der Waals surface area contributed by atoms with Crippen molar-refractivity contribution in [2.75, 3.05) is 5.32 Å². The Kier molecular flexibility index (Phi) is 3.19. The molecule has 0 fully saturated rings. The van der Waals surface area contributed by atoms with Gasteiger partial charge in [0.25, 0.3) is 5.91 Å². The van der Waals surface area contributed by atoms with Gasteiger partial charge < -0.3 is 15.5 Å². The van der Waals surface area contributed by atoms with E-state index in [9.17, 15) is 15.0 Å². The van der Waals surface area contributed by atoms with Crippen LogP contribution in [-0.2, 0) is 0 Å². The third kappa shape index (κ3) is 2.60. The minimum atomic E-state index is -0.337. The van der Waals surface area contributed by atoms with Crippen molar-refractivity contribution in [2.45, 2.75) is 6.92 Å². The molecular weight excluding hydrogens is 230 g/mol. The van der Waals surface area contributed by atoms with E-state index in [-0.39, 0.29) is 17.4 Å². The predicted octanol–water partition coefficient (Wildman–Crippen LogP) is 2.66. The van der Waals surface area contributed by atoms with Crippen LogP contribution in [0.4, 0.5) is 5.69 Å². The minimum Gasteiger partial charge on any atom is -0.508 e. The van der Waals surface area contributed by atoms with Crippen LogP contribution >= 0.6 is 0 Å². The van der Waals surface area contributed by atoms with Crippen LogP contribution < -0.4 is 5.32 Å². The van der Waals surface area contributed by atoms with Crippen molar-refractivity contribution in [1.29, 1.82) is 0 Å². The Morgan fingerprint density at radius 3 is 2.56 bits per heavy atom. The van der Waals surface area contributed by atoms with Gasteiger partial charge in [-0.3, -0.25) is 4.79 Å². The summed E-state index contributed by atoms with van der Waals surface area (Å²) >= 11 is 0. The molecule has 0 heterocycles. The average molecular weight is 243 g/mol. The second-order valence-electron chi connectivity index (χ2n) is 4.01. The number of hydrogen-bond acceptors (Lipinski definition) is 3. The molecule has 0 saturated carbocycles. The highest BCUT2D eigenvalue weighted by atomic mass is 16.3. The number of benzene rings is 2. The van der Waals surface area contributed by atoms with Gasteiger partial charge in [0.1, 0.15) is 11.5 Å². The lowest BCUT2D eigenvalue weighted by atomic mass is 10.1. The molecule has 1 amide bonds. The molecule has 4 nitrogen and oxygen atoms in total. The van der Waals surface area contributed by atoms with Crippen LogP contribution in [0.5, 0.6) is 11.5 Å². The number of hydrogen-bond donors (Lipinski definition) is 3. The zero-order valence-corrected chi connectivity index (χ0v) is 9.84. The maximum absolute atomic E-state index is 11.9. The number of rotatable bonds is 2. The maximum Gasteiger partial charge on any atom is 0.255 e. The van der Waals surface area contributed by atoms with Gasteiger partial charge in [0.2, 0.25) is 0 Å². The van der Waals surface area contributed by atoms with Gasteiger partial charge in [-0.25, -0.2) is 0 Å². The van der Waals surface area contributed by atoms with Crippen LogP contribution in [0, 0.1) is 6.92 Å². The van der Waals surface area contributed by atoms with Gasteiger partial charge in [-0.2, -0.15) is 0 Å². The zero-order chi connectivity index (χ0) is 13.1. The molecule has 0 unspecified atom stereocenters. The fraction of sp³-hybridized carbons (Fsp3) is 0.0714. The summed E-state index contributed by atoms with van der Waals surface area (Å²) in [7, 11) is 0. The van der Waals surface area contributed by atoms with Gasteiger partial charge in [-0.1, -0.05) is 12.1 Å². The fourth-order valence-corrected chi connectivity index (χ4v) is 1.54. The average Bonchev–Trinajstić information content (AvgIpc) is 2.32. The van der Waals surface area contributed by atoms with E-state index in [1.807, 2.05) is 0 Å². The Morgan fingerprint density at radius 2 is 1.89 bits per heavy atom. The lowest BCUT2D eigenvalue weighted by Gasteiger charge is -2.06. The first-order chi connectivity index (χ1) is 8.56. The van der Waals surface area contributed by atoms with Gasteiger partial charge in [0, 0.05) is 17.3 Å². The van der Waals surface area contributed by atoms with Crippen molar-refractivity contribution in [3.8, 4) is 11.5 Å². The number of aromatic hydroxyl groups is 2. The van der Waals surface area contributed by atoms with Crippen molar-refractivity contribution in [1.82, 2.24) is 0 Å². The lowest BCUT2D eigenvalue weighted by Crippen LogP contribution is -2.11. The fourth-order valence-electron chi connectivity index (χ4n) is 1.54. The van der Waals surface area contributed by atoms with Crippen LogP contribution in [0.1, 0.15) is 15.9 Å². The molecule has 18 heavy (non-hydrogen) atoms. The summed E-state index contributed by atoms with van der Waals surface area (Å²) in [5.41, 5.74) is 1.57. The minimum absolute atomic E-state index is 0.0820. The van der Waals surface area contributed by atoms with E-state index in [2.05, 4.69) is 5.32 Å². The second-order valence-corrected chi connectivity index (χ2v) is 4.01. The summed E-state index contributed by atoms with van der Waals surface area (Å²) in [5, 5.41) is 21.5. The van der Waals surface area contributed by atoms with E-state index in [1.54, 1.807) is 31.2 Å². The third-order valence-corrected chi connectivity index (χ3v) is 2.58. The number of phenolic OH excluding ortho intramolecular Hbond substituents is 2. The topological polar surface area (TPSA) is 69.6 Å². The van der Waals surface area contributed by atoms with E-state index in [0.717, 1.165) is 0 Å². The number of amides is 1. The van der Waals surface area contributed by atoms with Crippen LogP contribution in [0.2, 0.25) is 0 Å². The van der Waals surface area contributed by atoms with Crippen molar-refractivity contribution in [3.05, 3.63) is 53.6 Å². The van der Waals surface area contributed by atoms with Crippen LogP contribution in [0.15, 0.2) is 42.5 Å². The van der Waals surface area contributed by atoms with Crippen molar-refractivity contribution >= 4 is 11.6 Å². The van der Waals surface area contributed by atoms with Crippen LogP contribution in [0.3, 0.4) is 0 Å². The molecule has 0 radical (unpaired) electrons. The molecule has 0 atom stereocenters. The molecule has 2 rings (SSSR count). The smallest absolute Gasteiger partial charge is 0.255 e. The summed E-state index contributed by atoms with van der Waals surface area (Å²) in [6, 6.07) is 11.0. The first-order valence-electron chi connectivity index (χ1n) is 5.46. The monoisotopic (exact) mass is 243 g/mol. The highest BCUT2D eigenvalue weighted by Gasteiger charge is 2.08. The molecule has 4 heteroatoms. The predicted molar refractivity (Wildman–Crippen MR) is 68.9 cm³/mol. The van der Waals surface area contributed by atoms with Gasteiger partial charge in [0.05, 0.1) is 0 Å². The molecule has 92 valence electrons. The van der Waals surface area contributed by atoms with E-state index in [1.165, 1.54) is 18.2 Å². The van der Waals surface area contributed by atoms with Gasteiger partial charge in [-0.05, 0) is 36.8 Å². The van der Waals surface area contributed by atoms with E-state index in [4.69, 9.17) is 0 Å². The van der Waals surface area contributed by atoms with Crippen LogP contribution in [0.25, 0.3) is 0 Å². The molecule has 2 aromatic rings. The van der Waals surface area contributed by atoms with Crippen LogP contribution in [-0.4, -0.2) is 16.1 Å². The van der Waals surface area contributed by atoms with Gasteiger partial charge in [0.15, 0.2) is 0 Å². The quantitative estimate of drug-likeness (QED) is 0.759. The molecular formula is C14H13NO3. The molecule has 3 N–H and O–H groups in total. The number of carbonyl (C=O) groups excluding carboxylic acids is 1. The Morgan fingerprint density at radius 1 is 1.11 bits per heavy atom. The molecule has 0 spiro atoms. The lowest BCUT2D eigenvalue weighted by molar-refractivity contribution is 0.102. The van der Waals surface area contributed by atoms with Gasteiger partial charge >= 0.3 is 0 Å². The van der Waals surface area contributed by atoms with Crippen molar-refractivity contribution in [2.24, 2.45) is 0 Å². The van der Waals surface area contributed by atoms with Crippen molar-refractivity contribution in [3.63, 3.8) is 0 Å². The maximum atomic E-state index is 11.9. The number of aryl methyl sites for hydroxylation is 1. The highest BCUT2D eigenvalue weighted by Crippen LogP contribution is 2.20. The molecule has 0 saturated heterocycles. The summed E-state index contributed by atoms with van der Waals surface area (Å²) in [5.74, 6) is -0.172. The number of carbonyl (C=O) groups is 1. The Balaban J connectivity index is 2.19. The molecule has 0 aliphatic carbocycles. The largest absolute Gasteiger partial charge is 0.508 e.